The molecule has 0 aliphatic heterocycles. The van der Waals surface area contributed by atoms with E-state index in [9.17, 15) is 9.90 Å². The van der Waals surface area contributed by atoms with E-state index in [1.165, 1.54) is 0 Å². The van der Waals surface area contributed by atoms with Gasteiger partial charge in [0.25, 0.3) is 0 Å². The number of hydrogen-bond donors (Lipinski definition) is 1. The summed E-state index contributed by atoms with van der Waals surface area (Å²) in [5.41, 5.74) is 2.35. The van der Waals surface area contributed by atoms with Gasteiger partial charge >= 0.3 is 5.97 Å². The second kappa shape index (κ2) is 6.65. The zero-order chi connectivity index (χ0) is 16.2. The first kappa shape index (κ1) is 16.1. The van der Waals surface area contributed by atoms with Crippen LogP contribution in [-0.4, -0.2) is 11.1 Å². The molecular formula is C19H22O3. The van der Waals surface area contributed by atoms with Crippen LogP contribution in [0.2, 0.25) is 0 Å². The Labute approximate surface area is 131 Å². The number of hydrogen-bond acceptors (Lipinski definition) is 2. The summed E-state index contributed by atoms with van der Waals surface area (Å²) >= 11 is 0. The molecule has 2 aromatic carbocycles. The minimum atomic E-state index is -0.792. The van der Waals surface area contributed by atoms with Crippen molar-refractivity contribution in [3.63, 3.8) is 0 Å². The van der Waals surface area contributed by atoms with Crippen LogP contribution in [0.15, 0.2) is 48.5 Å². The Kier molecular flexibility index (Phi) is 4.86. The number of carbonyl (C=O) groups is 1. The van der Waals surface area contributed by atoms with Gasteiger partial charge in [-0.3, -0.25) is 4.79 Å². The second-order valence-electron chi connectivity index (χ2n) is 6.24. The van der Waals surface area contributed by atoms with E-state index >= 15 is 0 Å². The zero-order valence-corrected chi connectivity index (χ0v) is 13.3. The first-order valence-corrected chi connectivity index (χ1v) is 7.38. The van der Waals surface area contributed by atoms with Gasteiger partial charge in [-0.05, 0) is 49.9 Å². The smallest absolute Gasteiger partial charge is 0.309 e. The average molecular weight is 298 g/mol. The lowest BCUT2D eigenvalue weighted by molar-refractivity contribution is -0.146. The Morgan fingerprint density at radius 1 is 1.09 bits per heavy atom. The molecule has 0 aromatic heterocycles. The van der Waals surface area contributed by atoms with Gasteiger partial charge in [0, 0.05) is 0 Å². The van der Waals surface area contributed by atoms with Crippen LogP contribution in [0.5, 0.6) is 5.75 Å². The molecule has 116 valence electrons. The highest BCUT2D eigenvalue weighted by Gasteiger charge is 2.27. The van der Waals surface area contributed by atoms with Crippen LogP contribution in [0, 0.1) is 12.3 Å². The third-order valence-electron chi connectivity index (χ3n) is 3.71. The third kappa shape index (κ3) is 4.10. The molecule has 0 saturated carbocycles. The minimum absolute atomic E-state index is 0.476. The van der Waals surface area contributed by atoms with Gasteiger partial charge in [0.05, 0.1) is 5.41 Å². The molecule has 3 heteroatoms. The quantitative estimate of drug-likeness (QED) is 0.868. The van der Waals surface area contributed by atoms with Crippen molar-refractivity contribution in [1.29, 1.82) is 0 Å². The van der Waals surface area contributed by atoms with Gasteiger partial charge in [-0.15, -0.1) is 0 Å². The summed E-state index contributed by atoms with van der Waals surface area (Å²) in [4.78, 5) is 11.3. The predicted octanol–water partition coefficient (Wildman–Crippen LogP) is 4.23. The SMILES string of the molecule is Cc1ccc(CC(C)(C)C(=O)O)cc1OCc1ccccc1. The zero-order valence-electron chi connectivity index (χ0n) is 13.3. The molecule has 0 spiro atoms. The molecular weight excluding hydrogens is 276 g/mol. The van der Waals surface area contributed by atoms with Crippen molar-refractivity contribution in [2.75, 3.05) is 0 Å². The normalized spacial score (nSPS) is 11.2. The van der Waals surface area contributed by atoms with Crippen LogP contribution in [0.25, 0.3) is 0 Å². The Morgan fingerprint density at radius 2 is 1.77 bits per heavy atom. The van der Waals surface area contributed by atoms with Crippen LogP contribution in [-0.2, 0) is 17.8 Å². The lowest BCUT2D eigenvalue weighted by Gasteiger charge is -2.20. The summed E-state index contributed by atoms with van der Waals surface area (Å²) in [6.45, 7) is 5.97. The largest absolute Gasteiger partial charge is 0.489 e. The Hall–Kier alpha value is -2.29. The number of ether oxygens (including phenoxy) is 1. The van der Waals surface area contributed by atoms with Crippen molar-refractivity contribution in [2.45, 2.75) is 33.8 Å². The van der Waals surface area contributed by atoms with Crippen LogP contribution >= 0.6 is 0 Å². The van der Waals surface area contributed by atoms with Gasteiger partial charge in [-0.25, -0.2) is 0 Å². The first-order chi connectivity index (χ1) is 10.4. The fourth-order valence-corrected chi connectivity index (χ4v) is 2.23. The van der Waals surface area contributed by atoms with Crippen molar-refractivity contribution < 1.29 is 14.6 Å². The topological polar surface area (TPSA) is 46.5 Å². The molecule has 1 N–H and O–H groups in total. The third-order valence-corrected chi connectivity index (χ3v) is 3.71. The summed E-state index contributed by atoms with van der Waals surface area (Å²) in [5.74, 6) is 0.0161. The maximum atomic E-state index is 11.3. The molecule has 0 aliphatic rings. The van der Waals surface area contributed by atoms with Crippen LogP contribution < -0.4 is 4.74 Å². The lowest BCUT2D eigenvalue weighted by atomic mass is 9.85. The lowest BCUT2D eigenvalue weighted by Crippen LogP contribution is -2.26. The van der Waals surface area contributed by atoms with Gasteiger partial charge < -0.3 is 9.84 Å². The van der Waals surface area contributed by atoms with Gasteiger partial charge in [-0.2, -0.15) is 0 Å². The summed E-state index contributed by atoms with van der Waals surface area (Å²) in [7, 11) is 0. The van der Waals surface area contributed by atoms with Gasteiger partial charge in [0.2, 0.25) is 0 Å². The molecule has 0 saturated heterocycles. The van der Waals surface area contributed by atoms with Crippen LogP contribution in [0.3, 0.4) is 0 Å². The molecule has 0 atom stereocenters. The van der Waals surface area contributed by atoms with Crippen molar-refractivity contribution in [3.05, 3.63) is 65.2 Å². The minimum Gasteiger partial charge on any atom is -0.489 e. The molecule has 0 fully saturated rings. The van der Waals surface area contributed by atoms with Gasteiger partial charge in [0.1, 0.15) is 12.4 Å². The van der Waals surface area contributed by atoms with Crippen LogP contribution in [0.1, 0.15) is 30.5 Å². The Balaban J connectivity index is 2.12. The van der Waals surface area contributed by atoms with E-state index in [-0.39, 0.29) is 0 Å². The van der Waals surface area contributed by atoms with E-state index in [1.807, 2.05) is 55.5 Å². The van der Waals surface area contributed by atoms with Gasteiger partial charge in [-0.1, -0.05) is 42.5 Å². The average Bonchev–Trinajstić information content (AvgIpc) is 2.48. The number of carboxylic acids is 1. The van der Waals surface area contributed by atoms with Crippen molar-refractivity contribution in [2.24, 2.45) is 5.41 Å². The number of aliphatic carboxylic acids is 1. The molecule has 0 amide bonds. The van der Waals surface area contributed by atoms with E-state index in [2.05, 4.69) is 0 Å². The Morgan fingerprint density at radius 3 is 2.41 bits per heavy atom. The fraction of sp³-hybridized carbons (Fsp3) is 0.316. The highest BCUT2D eigenvalue weighted by molar-refractivity contribution is 5.74. The van der Waals surface area contributed by atoms with Crippen molar-refractivity contribution in [3.8, 4) is 5.75 Å². The van der Waals surface area contributed by atoms with E-state index in [0.717, 1.165) is 22.4 Å². The number of carboxylic acid groups (broad SMARTS) is 1. The van der Waals surface area contributed by atoms with E-state index in [1.54, 1.807) is 13.8 Å². The monoisotopic (exact) mass is 298 g/mol. The summed E-state index contributed by atoms with van der Waals surface area (Å²) in [6, 6.07) is 15.9. The summed E-state index contributed by atoms with van der Waals surface area (Å²) in [5, 5.41) is 9.25. The first-order valence-electron chi connectivity index (χ1n) is 7.38. The molecule has 0 unspecified atom stereocenters. The fourth-order valence-electron chi connectivity index (χ4n) is 2.23. The molecule has 0 bridgehead atoms. The molecule has 22 heavy (non-hydrogen) atoms. The summed E-state index contributed by atoms with van der Waals surface area (Å²) < 4.78 is 5.89. The van der Waals surface area contributed by atoms with E-state index in [0.29, 0.717) is 13.0 Å². The number of rotatable bonds is 6. The molecule has 0 heterocycles. The van der Waals surface area contributed by atoms with Crippen LogP contribution in [0.4, 0.5) is 0 Å². The second-order valence-corrected chi connectivity index (χ2v) is 6.24. The molecule has 2 rings (SSSR count). The van der Waals surface area contributed by atoms with Gasteiger partial charge in [0.15, 0.2) is 0 Å². The maximum Gasteiger partial charge on any atom is 0.309 e. The standard InChI is InChI=1S/C19H22O3/c1-14-9-10-16(12-19(2,3)18(20)21)11-17(14)22-13-15-7-5-4-6-8-15/h4-11H,12-13H2,1-3H3,(H,20,21). The highest BCUT2D eigenvalue weighted by atomic mass is 16.5. The highest BCUT2D eigenvalue weighted by Crippen LogP contribution is 2.27. The molecule has 0 aliphatic carbocycles. The predicted molar refractivity (Wildman–Crippen MR) is 87.1 cm³/mol. The Bertz CT molecular complexity index is 645. The van der Waals surface area contributed by atoms with Crippen molar-refractivity contribution >= 4 is 5.97 Å². The van der Waals surface area contributed by atoms with Crippen molar-refractivity contribution in [1.82, 2.24) is 0 Å². The molecule has 0 radical (unpaired) electrons. The molecule has 3 nitrogen and oxygen atoms in total. The maximum absolute atomic E-state index is 11.3. The summed E-state index contributed by atoms with van der Waals surface area (Å²) in [6.07, 6.45) is 0.476. The van der Waals surface area contributed by atoms with E-state index < -0.39 is 11.4 Å². The number of aryl methyl sites for hydroxylation is 1. The molecule has 2 aromatic rings. The number of benzene rings is 2. The van der Waals surface area contributed by atoms with E-state index in [4.69, 9.17) is 4.74 Å².